The molecular formula is C24H25N5. The SMILES string of the molecule is C1=CCC(CN2CCCC2)(c2cc(-c3c[nH]nc3-c3ccccn3)ccn2)C=C1. The summed E-state index contributed by atoms with van der Waals surface area (Å²) in [5.74, 6) is 0. The highest BCUT2D eigenvalue weighted by Crippen LogP contribution is 2.36. The highest BCUT2D eigenvalue weighted by atomic mass is 15.1. The van der Waals surface area contributed by atoms with Gasteiger partial charge in [0, 0.05) is 36.1 Å². The molecule has 5 nitrogen and oxygen atoms in total. The molecule has 0 amide bonds. The summed E-state index contributed by atoms with van der Waals surface area (Å²) in [6.45, 7) is 3.39. The van der Waals surface area contributed by atoms with E-state index in [-0.39, 0.29) is 5.41 Å². The Hall–Kier alpha value is -3.05. The van der Waals surface area contributed by atoms with Gasteiger partial charge in [0.2, 0.25) is 0 Å². The van der Waals surface area contributed by atoms with Crippen molar-refractivity contribution in [3.63, 3.8) is 0 Å². The molecule has 4 heterocycles. The van der Waals surface area contributed by atoms with Crippen LogP contribution in [-0.4, -0.2) is 44.7 Å². The minimum atomic E-state index is -0.0794. The Labute approximate surface area is 171 Å². The van der Waals surface area contributed by atoms with E-state index in [0.29, 0.717) is 0 Å². The number of nitrogens with one attached hydrogen (secondary N) is 1. The van der Waals surface area contributed by atoms with Crippen molar-refractivity contribution in [1.29, 1.82) is 0 Å². The number of hydrogen-bond acceptors (Lipinski definition) is 4. The Morgan fingerprint density at radius 1 is 1.03 bits per heavy atom. The number of H-pyrrole nitrogens is 1. The maximum atomic E-state index is 4.83. The number of aromatic nitrogens is 4. The highest BCUT2D eigenvalue weighted by Gasteiger charge is 2.34. The number of rotatable bonds is 5. The zero-order chi connectivity index (χ0) is 19.5. The van der Waals surface area contributed by atoms with E-state index in [4.69, 9.17) is 4.98 Å². The van der Waals surface area contributed by atoms with Gasteiger partial charge >= 0.3 is 0 Å². The zero-order valence-corrected chi connectivity index (χ0v) is 16.5. The first-order valence-electron chi connectivity index (χ1n) is 10.3. The second-order valence-electron chi connectivity index (χ2n) is 7.92. The van der Waals surface area contributed by atoms with Crippen molar-refractivity contribution in [3.05, 3.63) is 78.9 Å². The molecule has 0 spiro atoms. The van der Waals surface area contributed by atoms with Crippen LogP contribution in [0.5, 0.6) is 0 Å². The highest BCUT2D eigenvalue weighted by molar-refractivity contribution is 5.78. The lowest BCUT2D eigenvalue weighted by atomic mass is 9.77. The van der Waals surface area contributed by atoms with Crippen LogP contribution in [0.4, 0.5) is 0 Å². The van der Waals surface area contributed by atoms with Gasteiger partial charge in [-0.3, -0.25) is 15.1 Å². The molecule has 1 N–H and O–H groups in total. The van der Waals surface area contributed by atoms with Gasteiger partial charge in [0.05, 0.1) is 11.4 Å². The van der Waals surface area contributed by atoms with Gasteiger partial charge in [0.1, 0.15) is 5.69 Å². The van der Waals surface area contributed by atoms with Crippen molar-refractivity contribution in [2.75, 3.05) is 19.6 Å². The quantitative estimate of drug-likeness (QED) is 0.710. The maximum Gasteiger partial charge on any atom is 0.118 e. The molecule has 1 aliphatic heterocycles. The van der Waals surface area contributed by atoms with Crippen molar-refractivity contribution < 1.29 is 0 Å². The van der Waals surface area contributed by atoms with Gasteiger partial charge in [-0.15, -0.1) is 0 Å². The van der Waals surface area contributed by atoms with Crippen LogP contribution in [0, 0.1) is 0 Å². The second-order valence-corrected chi connectivity index (χ2v) is 7.92. The Kier molecular flexibility index (Phi) is 4.82. The van der Waals surface area contributed by atoms with E-state index >= 15 is 0 Å². The van der Waals surface area contributed by atoms with E-state index in [0.717, 1.165) is 41.2 Å². The normalized spacial score (nSPS) is 21.7. The number of aromatic amines is 1. The Morgan fingerprint density at radius 2 is 1.97 bits per heavy atom. The topological polar surface area (TPSA) is 57.7 Å². The third-order valence-corrected chi connectivity index (χ3v) is 5.98. The molecule has 3 aromatic rings. The van der Waals surface area contributed by atoms with Crippen LogP contribution in [-0.2, 0) is 5.41 Å². The number of allylic oxidation sites excluding steroid dienone is 3. The molecular weight excluding hydrogens is 358 g/mol. The third kappa shape index (κ3) is 3.54. The van der Waals surface area contributed by atoms with Crippen molar-refractivity contribution in [3.8, 4) is 22.5 Å². The van der Waals surface area contributed by atoms with Crippen molar-refractivity contribution in [2.24, 2.45) is 0 Å². The molecule has 0 saturated carbocycles. The smallest absolute Gasteiger partial charge is 0.118 e. The second kappa shape index (κ2) is 7.76. The number of hydrogen-bond donors (Lipinski definition) is 1. The van der Waals surface area contributed by atoms with Crippen molar-refractivity contribution >= 4 is 0 Å². The predicted octanol–water partition coefficient (Wildman–Crippen LogP) is 4.38. The van der Waals surface area contributed by atoms with Gasteiger partial charge in [-0.2, -0.15) is 5.10 Å². The summed E-state index contributed by atoms with van der Waals surface area (Å²) in [7, 11) is 0. The first-order chi connectivity index (χ1) is 14.3. The third-order valence-electron chi connectivity index (χ3n) is 5.98. The summed E-state index contributed by atoms with van der Waals surface area (Å²) in [5.41, 5.74) is 4.96. The van der Waals surface area contributed by atoms with Gasteiger partial charge in [-0.05, 0) is 62.2 Å². The molecule has 1 fully saturated rings. The van der Waals surface area contributed by atoms with Gasteiger partial charge in [-0.1, -0.05) is 30.4 Å². The fourth-order valence-electron chi connectivity index (χ4n) is 4.47. The molecule has 5 heteroatoms. The summed E-state index contributed by atoms with van der Waals surface area (Å²) < 4.78 is 0. The molecule has 146 valence electrons. The van der Waals surface area contributed by atoms with Gasteiger partial charge in [0.15, 0.2) is 0 Å². The monoisotopic (exact) mass is 383 g/mol. The summed E-state index contributed by atoms with van der Waals surface area (Å²) in [5, 5.41) is 7.48. The number of likely N-dealkylation sites (tertiary alicyclic amines) is 1. The number of nitrogens with zero attached hydrogens (tertiary/aromatic N) is 4. The molecule has 1 aliphatic carbocycles. The summed E-state index contributed by atoms with van der Waals surface area (Å²) in [6.07, 6.45) is 18.2. The van der Waals surface area contributed by atoms with Crippen LogP contribution < -0.4 is 0 Å². The Morgan fingerprint density at radius 3 is 2.76 bits per heavy atom. The summed E-state index contributed by atoms with van der Waals surface area (Å²) in [4.78, 5) is 11.9. The molecule has 5 rings (SSSR count). The van der Waals surface area contributed by atoms with Crippen molar-refractivity contribution in [2.45, 2.75) is 24.7 Å². The van der Waals surface area contributed by atoms with E-state index in [9.17, 15) is 0 Å². The van der Waals surface area contributed by atoms with Crippen molar-refractivity contribution in [1.82, 2.24) is 25.1 Å². The molecule has 3 aromatic heterocycles. The van der Waals surface area contributed by atoms with Crippen LogP contribution >= 0.6 is 0 Å². The fraction of sp³-hybridized carbons (Fsp3) is 0.292. The van der Waals surface area contributed by atoms with E-state index in [2.05, 4.69) is 56.5 Å². The average Bonchev–Trinajstić information content (AvgIpc) is 3.47. The minimum Gasteiger partial charge on any atom is -0.302 e. The van der Waals surface area contributed by atoms with Crippen LogP contribution in [0.2, 0.25) is 0 Å². The summed E-state index contributed by atoms with van der Waals surface area (Å²) >= 11 is 0. The molecule has 29 heavy (non-hydrogen) atoms. The lowest BCUT2D eigenvalue weighted by Gasteiger charge is -2.35. The van der Waals surface area contributed by atoms with E-state index < -0.39 is 0 Å². The van der Waals surface area contributed by atoms with E-state index in [1.54, 1.807) is 6.20 Å². The fourth-order valence-corrected chi connectivity index (χ4v) is 4.47. The average molecular weight is 383 g/mol. The molecule has 2 aliphatic rings. The largest absolute Gasteiger partial charge is 0.302 e. The van der Waals surface area contributed by atoms with Crippen LogP contribution in [0.3, 0.4) is 0 Å². The van der Waals surface area contributed by atoms with E-state index in [1.165, 1.54) is 25.9 Å². The lowest BCUT2D eigenvalue weighted by molar-refractivity contribution is 0.272. The summed E-state index contributed by atoms with van der Waals surface area (Å²) in [6, 6.07) is 10.2. The molecule has 1 unspecified atom stereocenters. The Balaban J connectivity index is 1.53. The minimum absolute atomic E-state index is 0.0794. The molecule has 0 bridgehead atoms. The first-order valence-corrected chi connectivity index (χ1v) is 10.3. The zero-order valence-electron chi connectivity index (χ0n) is 16.5. The first kappa shape index (κ1) is 18.0. The van der Waals surface area contributed by atoms with Crippen LogP contribution in [0.25, 0.3) is 22.5 Å². The van der Waals surface area contributed by atoms with Gasteiger partial charge in [0.25, 0.3) is 0 Å². The molecule has 0 aromatic carbocycles. The Bertz CT molecular complexity index is 1030. The predicted molar refractivity (Wildman–Crippen MR) is 115 cm³/mol. The van der Waals surface area contributed by atoms with Gasteiger partial charge in [-0.25, -0.2) is 0 Å². The lowest BCUT2D eigenvalue weighted by Crippen LogP contribution is -2.39. The standard InChI is InChI=1S/C24H25N5/c1-3-10-24(11-4-1,18-29-14-6-7-15-29)22-16-19(9-13-26-22)20-17-27-28-23(20)21-8-2-5-12-25-21/h1-5,8-10,12-13,16-17H,6-7,11,14-15,18H2,(H,27,28). The van der Waals surface area contributed by atoms with Gasteiger partial charge < -0.3 is 4.90 Å². The van der Waals surface area contributed by atoms with Crippen LogP contribution in [0.1, 0.15) is 25.0 Å². The van der Waals surface area contributed by atoms with Crippen LogP contribution in [0.15, 0.2) is 73.2 Å². The molecule has 1 saturated heterocycles. The maximum absolute atomic E-state index is 4.83. The molecule has 1 atom stereocenters. The van der Waals surface area contributed by atoms with E-state index in [1.807, 2.05) is 30.6 Å². The number of pyridine rings is 2. The molecule has 0 radical (unpaired) electrons.